The predicted octanol–water partition coefficient (Wildman–Crippen LogP) is 1.88. The molecule has 18 heavy (non-hydrogen) atoms. The molecule has 1 heterocycles. The van der Waals surface area contributed by atoms with Crippen molar-refractivity contribution in [1.29, 1.82) is 5.26 Å². The van der Waals surface area contributed by atoms with Crippen LogP contribution in [0.15, 0.2) is 24.3 Å². The van der Waals surface area contributed by atoms with Crippen molar-refractivity contribution in [2.45, 2.75) is 37.9 Å². The van der Waals surface area contributed by atoms with E-state index in [1.54, 1.807) is 0 Å². The second-order valence-corrected chi connectivity index (χ2v) is 5.40. The summed E-state index contributed by atoms with van der Waals surface area (Å²) in [5.74, 6) is 0. The van der Waals surface area contributed by atoms with E-state index in [0.717, 1.165) is 18.2 Å². The zero-order valence-corrected chi connectivity index (χ0v) is 10.6. The molecule has 1 saturated carbocycles. The lowest BCUT2D eigenvalue weighted by molar-refractivity contribution is 0.317. The lowest BCUT2D eigenvalue weighted by Crippen LogP contribution is -2.32. The first-order chi connectivity index (χ1) is 8.85. The van der Waals surface area contributed by atoms with Gasteiger partial charge in [-0.3, -0.25) is 4.90 Å². The van der Waals surface area contributed by atoms with Gasteiger partial charge in [0.1, 0.15) is 0 Å². The Morgan fingerprint density at radius 1 is 1.33 bits per heavy atom. The fraction of sp³-hybridized carbons (Fsp3) is 0.533. The zero-order chi connectivity index (χ0) is 12.4. The second-order valence-electron chi connectivity index (χ2n) is 5.40. The van der Waals surface area contributed by atoms with Gasteiger partial charge in [-0.2, -0.15) is 5.26 Å². The average molecular weight is 241 g/mol. The van der Waals surface area contributed by atoms with Crippen LogP contribution in [0.4, 0.5) is 0 Å². The number of hydrogen-bond acceptors (Lipinski definition) is 3. The van der Waals surface area contributed by atoms with Gasteiger partial charge in [0.05, 0.1) is 11.6 Å². The Hall–Kier alpha value is -1.37. The van der Waals surface area contributed by atoms with E-state index in [0.29, 0.717) is 6.04 Å². The molecule has 1 N–H and O–H groups in total. The van der Waals surface area contributed by atoms with Gasteiger partial charge in [-0.05, 0) is 37.0 Å². The number of benzene rings is 1. The highest BCUT2D eigenvalue weighted by atomic mass is 15.2. The van der Waals surface area contributed by atoms with E-state index in [2.05, 4.69) is 22.4 Å². The smallest absolute Gasteiger partial charge is 0.0991 e. The number of nitriles is 1. The molecule has 1 atom stereocenters. The molecule has 3 nitrogen and oxygen atoms in total. The number of hydrogen-bond donors (Lipinski definition) is 1. The molecule has 1 saturated heterocycles. The standard InChI is InChI=1S/C15H19N3/c16-9-12-2-1-3-13(8-12)10-17-14-6-7-18(11-14)15-4-5-15/h1-3,8,14-15,17H,4-7,10-11H2. The highest BCUT2D eigenvalue weighted by Crippen LogP contribution is 2.29. The van der Waals surface area contributed by atoms with E-state index in [-0.39, 0.29) is 0 Å². The van der Waals surface area contributed by atoms with Crippen LogP contribution in [0.25, 0.3) is 0 Å². The molecule has 1 aliphatic carbocycles. The maximum absolute atomic E-state index is 8.87. The number of nitrogens with zero attached hydrogens (tertiary/aromatic N) is 2. The number of rotatable bonds is 4. The van der Waals surface area contributed by atoms with Gasteiger partial charge in [0.25, 0.3) is 0 Å². The quantitative estimate of drug-likeness (QED) is 0.875. The summed E-state index contributed by atoms with van der Waals surface area (Å²) in [5.41, 5.74) is 1.96. The minimum absolute atomic E-state index is 0.622. The Labute approximate surface area is 108 Å². The summed E-state index contributed by atoms with van der Waals surface area (Å²) in [6, 6.07) is 11.6. The molecule has 1 aromatic rings. The first-order valence-corrected chi connectivity index (χ1v) is 6.81. The summed E-state index contributed by atoms with van der Waals surface area (Å²) in [5, 5.41) is 12.5. The van der Waals surface area contributed by atoms with Gasteiger partial charge < -0.3 is 5.32 Å². The topological polar surface area (TPSA) is 39.1 Å². The van der Waals surface area contributed by atoms with E-state index in [9.17, 15) is 0 Å². The summed E-state index contributed by atoms with van der Waals surface area (Å²) in [6.07, 6.45) is 4.06. The fourth-order valence-corrected chi connectivity index (χ4v) is 2.74. The minimum atomic E-state index is 0.622. The summed E-state index contributed by atoms with van der Waals surface area (Å²) < 4.78 is 0. The third-order valence-electron chi connectivity index (χ3n) is 3.93. The average Bonchev–Trinajstić information content (AvgIpc) is 3.16. The van der Waals surface area contributed by atoms with E-state index in [4.69, 9.17) is 5.26 Å². The van der Waals surface area contributed by atoms with Gasteiger partial charge in [0.15, 0.2) is 0 Å². The molecule has 2 fully saturated rings. The molecule has 0 spiro atoms. The molecular weight excluding hydrogens is 222 g/mol. The van der Waals surface area contributed by atoms with Crippen LogP contribution in [-0.4, -0.2) is 30.1 Å². The Balaban J connectivity index is 1.50. The van der Waals surface area contributed by atoms with Crippen LogP contribution in [0.2, 0.25) is 0 Å². The summed E-state index contributed by atoms with van der Waals surface area (Å²) in [7, 11) is 0. The molecule has 1 unspecified atom stereocenters. The molecule has 1 aromatic carbocycles. The van der Waals surface area contributed by atoms with Crippen LogP contribution in [0.1, 0.15) is 30.4 Å². The molecule has 0 bridgehead atoms. The monoisotopic (exact) mass is 241 g/mol. The molecule has 94 valence electrons. The van der Waals surface area contributed by atoms with Crippen LogP contribution in [0, 0.1) is 11.3 Å². The second kappa shape index (κ2) is 5.09. The molecule has 2 aliphatic rings. The van der Waals surface area contributed by atoms with Crippen LogP contribution >= 0.6 is 0 Å². The van der Waals surface area contributed by atoms with Gasteiger partial charge in [0.2, 0.25) is 0 Å². The van der Waals surface area contributed by atoms with E-state index in [1.165, 1.54) is 37.9 Å². The maximum Gasteiger partial charge on any atom is 0.0991 e. The van der Waals surface area contributed by atoms with Gasteiger partial charge >= 0.3 is 0 Å². The first-order valence-electron chi connectivity index (χ1n) is 6.81. The van der Waals surface area contributed by atoms with Gasteiger partial charge in [-0.25, -0.2) is 0 Å². The van der Waals surface area contributed by atoms with Crippen LogP contribution in [0.3, 0.4) is 0 Å². The third kappa shape index (κ3) is 2.72. The Kier molecular flexibility index (Phi) is 3.31. The molecular formula is C15H19N3. The summed E-state index contributed by atoms with van der Waals surface area (Å²) >= 11 is 0. The normalized spacial score (nSPS) is 24.1. The van der Waals surface area contributed by atoms with Crippen molar-refractivity contribution >= 4 is 0 Å². The van der Waals surface area contributed by atoms with E-state index in [1.807, 2.05) is 18.2 Å². The zero-order valence-electron chi connectivity index (χ0n) is 10.6. The Bertz CT molecular complexity index is 459. The summed E-state index contributed by atoms with van der Waals surface area (Å²) in [4.78, 5) is 2.61. The van der Waals surface area contributed by atoms with Gasteiger partial charge in [-0.1, -0.05) is 12.1 Å². The Morgan fingerprint density at radius 2 is 2.22 bits per heavy atom. The third-order valence-corrected chi connectivity index (χ3v) is 3.93. The molecule has 3 rings (SSSR count). The summed E-state index contributed by atoms with van der Waals surface area (Å²) in [6.45, 7) is 3.32. The SMILES string of the molecule is N#Cc1cccc(CNC2CCN(C3CC3)C2)c1. The van der Waals surface area contributed by atoms with E-state index < -0.39 is 0 Å². The van der Waals surface area contributed by atoms with Crippen molar-refractivity contribution in [2.24, 2.45) is 0 Å². The van der Waals surface area contributed by atoms with Crippen molar-refractivity contribution < 1.29 is 0 Å². The van der Waals surface area contributed by atoms with Crippen molar-refractivity contribution in [3.05, 3.63) is 35.4 Å². The van der Waals surface area contributed by atoms with Crippen LogP contribution in [-0.2, 0) is 6.54 Å². The highest BCUT2D eigenvalue weighted by molar-refractivity contribution is 5.32. The van der Waals surface area contributed by atoms with Crippen molar-refractivity contribution in [1.82, 2.24) is 10.2 Å². The van der Waals surface area contributed by atoms with Crippen molar-refractivity contribution in [2.75, 3.05) is 13.1 Å². The van der Waals surface area contributed by atoms with Crippen LogP contribution < -0.4 is 5.32 Å². The van der Waals surface area contributed by atoms with Gasteiger partial charge in [0, 0.05) is 31.7 Å². The maximum atomic E-state index is 8.87. The molecule has 0 radical (unpaired) electrons. The molecule has 0 aromatic heterocycles. The minimum Gasteiger partial charge on any atom is -0.309 e. The highest BCUT2D eigenvalue weighted by Gasteiger charge is 2.33. The number of nitrogens with one attached hydrogen (secondary N) is 1. The largest absolute Gasteiger partial charge is 0.309 e. The lowest BCUT2D eigenvalue weighted by Gasteiger charge is -2.15. The molecule has 0 amide bonds. The van der Waals surface area contributed by atoms with Gasteiger partial charge in [-0.15, -0.1) is 0 Å². The van der Waals surface area contributed by atoms with Crippen LogP contribution in [0.5, 0.6) is 0 Å². The molecule has 3 heteroatoms. The predicted molar refractivity (Wildman–Crippen MR) is 71.0 cm³/mol. The Morgan fingerprint density at radius 3 is 3.00 bits per heavy atom. The van der Waals surface area contributed by atoms with E-state index >= 15 is 0 Å². The first kappa shape index (κ1) is 11.7. The lowest BCUT2D eigenvalue weighted by atomic mass is 10.1. The fourth-order valence-electron chi connectivity index (χ4n) is 2.74. The van der Waals surface area contributed by atoms with Crippen molar-refractivity contribution in [3.63, 3.8) is 0 Å². The molecule has 1 aliphatic heterocycles. The van der Waals surface area contributed by atoms with Crippen molar-refractivity contribution in [3.8, 4) is 6.07 Å². The number of likely N-dealkylation sites (tertiary alicyclic amines) is 1.